The summed E-state index contributed by atoms with van der Waals surface area (Å²) < 4.78 is 5.77. The third-order valence-corrected chi connectivity index (χ3v) is 4.00. The van der Waals surface area contributed by atoms with Gasteiger partial charge in [-0.2, -0.15) is 0 Å². The van der Waals surface area contributed by atoms with Gasteiger partial charge in [0.25, 0.3) is 0 Å². The molecule has 0 radical (unpaired) electrons. The van der Waals surface area contributed by atoms with Crippen molar-refractivity contribution in [1.29, 1.82) is 0 Å². The predicted molar refractivity (Wildman–Crippen MR) is 69.2 cm³/mol. The van der Waals surface area contributed by atoms with E-state index in [2.05, 4.69) is 36.6 Å². The summed E-state index contributed by atoms with van der Waals surface area (Å²) in [6.07, 6.45) is 7.07. The van der Waals surface area contributed by atoms with Gasteiger partial charge in [0, 0.05) is 6.04 Å². The topological polar surface area (TPSA) is 21.3 Å². The van der Waals surface area contributed by atoms with E-state index in [0.29, 0.717) is 12.1 Å². The summed E-state index contributed by atoms with van der Waals surface area (Å²) in [6, 6.07) is 9.21. The maximum atomic E-state index is 5.77. The van der Waals surface area contributed by atoms with E-state index < -0.39 is 0 Å². The second kappa shape index (κ2) is 4.69. The van der Waals surface area contributed by atoms with Crippen molar-refractivity contribution in [2.75, 3.05) is 7.05 Å². The van der Waals surface area contributed by atoms with Gasteiger partial charge < -0.3 is 10.1 Å². The molecule has 17 heavy (non-hydrogen) atoms. The van der Waals surface area contributed by atoms with E-state index in [9.17, 15) is 0 Å². The molecule has 1 N–H and O–H groups in total. The van der Waals surface area contributed by atoms with Crippen molar-refractivity contribution < 1.29 is 4.74 Å². The van der Waals surface area contributed by atoms with Crippen LogP contribution in [0.5, 0.6) is 5.75 Å². The molecule has 0 aliphatic heterocycles. The molecule has 0 amide bonds. The number of benzene rings is 1. The fraction of sp³-hybridized carbons (Fsp3) is 0.600. The van der Waals surface area contributed by atoms with Gasteiger partial charge in [-0.25, -0.2) is 0 Å². The van der Waals surface area contributed by atoms with Crippen LogP contribution in [0.1, 0.15) is 43.7 Å². The van der Waals surface area contributed by atoms with Gasteiger partial charge in [0.2, 0.25) is 0 Å². The molecule has 2 aliphatic carbocycles. The summed E-state index contributed by atoms with van der Waals surface area (Å²) in [4.78, 5) is 0. The van der Waals surface area contributed by atoms with Gasteiger partial charge >= 0.3 is 0 Å². The number of ether oxygens (including phenoxy) is 1. The fourth-order valence-corrected chi connectivity index (χ4v) is 2.58. The highest BCUT2D eigenvalue weighted by Crippen LogP contribution is 2.38. The minimum atomic E-state index is 0.493. The molecular weight excluding hydrogens is 210 g/mol. The molecular formula is C15H21NO. The highest BCUT2D eigenvalue weighted by atomic mass is 16.5. The highest BCUT2D eigenvalue weighted by molar-refractivity contribution is 5.30. The Bertz CT molecular complexity index is 365. The van der Waals surface area contributed by atoms with Crippen molar-refractivity contribution in [1.82, 2.24) is 5.32 Å². The molecule has 3 rings (SSSR count). The smallest absolute Gasteiger partial charge is 0.119 e. The Kier molecular flexibility index (Phi) is 3.06. The SMILES string of the molecule is CNC(c1ccc(OC2CC2)cc1)C1CCC1. The molecule has 2 heteroatoms. The highest BCUT2D eigenvalue weighted by Gasteiger charge is 2.27. The van der Waals surface area contributed by atoms with E-state index in [4.69, 9.17) is 4.74 Å². The lowest BCUT2D eigenvalue weighted by Gasteiger charge is -2.34. The monoisotopic (exact) mass is 231 g/mol. The molecule has 2 saturated carbocycles. The molecule has 0 bridgehead atoms. The van der Waals surface area contributed by atoms with Crippen LogP contribution in [0.2, 0.25) is 0 Å². The minimum Gasteiger partial charge on any atom is -0.490 e. The number of rotatable bonds is 5. The zero-order valence-electron chi connectivity index (χ0n) is 10.5. The van der Waals surface area contributed by atoms with Crippen LogP contribution in [0.4, 0.5) is 0 Å². The van der Waals surface area contributed by atoms with Crippen LogP contribution in [-0.4, -0.2) is 13.2 Å². The van der Waals surface area contributed by atoms with Crippen molar-refractivity contribution >= 4 is 0 Å². The van der Waals surface area contributed by atoms with Crippen LogP contribution in [-0.2, 0) is 0 Å². The first-order valence-electron chi connectivity index (χ1n) is 6.80. The van der Waals surface area contributed by atoms with Gasteiger partial charge in [0.15, 0.2) is 0 Å². The Balaban J connectivity index is 1.68. The number of hydrogen-bond donors (Lipinski definition) is 1. The largest absolute Gasteiger partial charge is 0.490 e. The van der Waals surface area contributed by atoms with Crippen LogP contribution < -0.4 is 10.1 Å². The summed E-state index contributed by atoms with van der Waals surface area (Å²) in [7, 11) is 2.07. The molecule has 1 atom stereocenters. The fourth-order valence-electron chi connectivity index (χ4n) is 2.58. The Labute approximate surface area is 103 Å². The first-order valence-corrected chi connectivity index (χ1v) is 6.80. The van der Waals surface area contributed by atoms with E-state index in [1.807, 2.05) is 0 Å². The van der Waals surface area contributed by atoms with Crippen molar-refractivity contribution in [3.8, 4) is 5.75 Å². The van der Waals surface area contributed by atoms with Gasteiger partial charge in [0.1, 0.15) is 5.75 Å². The molecule has 0 heterocycles. The van der Waals surface area contributed by atoms with Crippen LogP contribution in [0, 0.1) is 5.92 Å². The average Bonchev–Trinajstić information content (AvgIpc) is 3.08. The quantitative estimate of drug-likeness (QED) is 0.839. The first-order chi connectivity index (χ1) is 8.36. The molecule has 0 spiro atoms. The normalized spacial score (nSPS) is 21.9. The maximum absolute atomic E-state index is 5.77. The second-order valence-electron chi connectivity index (χ2n) is 5.34. The second-order valence-corrected chi connectivity index (χ2v) is 5.34. The van der Waals surface area contributed by atoms with E-state index in [-0.39, 0.29) is 0 Å². The predicted octanol–water partition coefficient (Wildman–Crippen LogP) is 3.29. The molecule has 92 valence electrons. The first kappa shape index (κ1) is 11.1. The zero-order chi connectivity index (χ0) is 11.7. The molecule has 1 aromatic rings. The third kappa shape index (κ3) is 2.47. The number of nitrogens with one attached hydrogen (secondary N) is 1. The van der Waals surface area contributed by atoms with Crippen LogP contribution in [0.25, 0.3) is 0 Å². The molecule has 1 unspecified atom stereocenters. The van der Waals surface area contributed by atoms with Crippen molar-refractivity contribution in [3.05, 3.63) is 29.8 Å². The number of hydrogen-bond acceptors (Lipinski definition) is 2. The summed E-state index contributed by atoms with van der Waals surface area (Å²) in [5.41, 5.74) is 1.40. The zero-order valence-corrected chi connectivity index (χ0v) is 10.5. The summed E-state index contributed by atoms with van der Waals surface area (Å²) in [6.45, 7) is 0. The van der Waals surface area contributed by atoms with E-state index in [0.717, 1.165) is 11.7 Å². The van der Waals surface area contributed by atoms with E-state index in [1.165, 1.54) is 37.7 Å². The molecule has 0 saturated heterocycles. The van der Waals surface area contributed by atoms with Gasteiger partial charge in [-0.05, 0) is 56.3 Å². The lowest BCUT2D eigenvalue weighted by atomic mass is 9.77. The summed E-state index contributed by atoms with van der Waals surface area (Å²) in [5, 5.41) is 3.45. The molecule has 1 aromatic carbocycles. The maximum Gasteiger partial charge on any atom is 0.119 e. The third-order valence-electron chi connectivity index (χ3n) is 4.00. The van der Waals surface area contributed by atoms with Crippen molar-refractivity contribution in [2.45, 2.75) is 44.2 Å². The van der Waals surface area contributed by atoms with Gasteiger partial charge in [-0.3, -0.25) is 0 Å². The van der Waals surface area contributed by atoms with Gasteiger partial charge in [0.05, 0.1) is 6.10 Å². The standard InChI is InChI=1S/C15H21NO/c1-16-15(11-3-2-4-11)12-5-7-13(8-6-12)17-14-9-10-14/h5-8,11,14-16H,2-4,9-10H2,1H3. The Morgan fingerprint density at radius 2 is 1.82 bits per heavy atom. The Hall–Kier alpha value is -1.02. The average molecular weight is 231 g/mol. The van der Waals surface area contributed by atoms with E-state index in [1.54, 1.807) is 0 Å². The van der Waals surface area contributed by atoms with Crippen molar-refractivity contribution in [2.24, 2.45) is 5.92 Å². The van der Waals surface area contributed by atoms with Gasteiger partial charge in [-0.15, -0.1) is 0 Å². The van der Waals surface area contributed by atoms with Gasteiger partial charge in [-0.1, -0.05) is 18.6 Å². The minimum absolute atomic E-state index is 0.493. The molecule has 0 aromatic heterocycles. The molecule has 2 fully saturated rings. The van der Waals surface area contributed by atoms with Crippen LogP contribution >= 0.6 is 0 Å². The van der Waals surface area contributed by atoms with Crippen LogP contribution in [0.15, 0.2) is 24.3 Å². The van der Waals surface area contributed by atoms with Crippen LogP contribution in [0.3, 0.4) is 0 Å². The Morgan fingerprint density at radius 3 is 2.29 bits per heavy atom. The lowest BCUT2D eigenvalue weighted by molar-refractivity contribution is 0.239. The van der Waals surface area contributed by atoms with E-state index >= 15 is 0 Å². The van der Waals surface area contributed by atoms with Crippen molar-refractivity contribution in [3.63, 3.8) is 0 Å². The summed E-state index contributed by atoms with van der Waals surface area (Å²) >= 11 is 0. The molecule has 2 nitrogen and oxygen atoms in total. The lowest BCUT2D eigenvalue weighted by Crippen LogP contribution is -2.29. The molecule has 2 aliphatic rings. The Morgan fingerprint density at radius 1 is 1.12 bits per heavy atom. The summed E-state index contributed by atoms with van der Waals surface area (Å²) in [5.74, 6) is 1.86.